The molecule has 250 valence electrons. The van der Waals surface area contributed by atoms with Crippen molar-refractivity contribution in [2.75, 3.05) is 31.1 Å². The summed E-state index contributed by atoms with van der Waals surface area (Å²) in [4.78, 5) is 43.0. The zero-order valence-electron chi connectivity index (χ0n) is 25.9. The number of halogens is 4. The SMILES string of the molecule is O=C(C=C(O)c1cc(Cc2cc(F)c(F)c(F)c2)cn(Cc2ccccc2F)c1=O)C(=O)N1CCN(c2ccc(-n3cccn3)cc2)CC1. The summed E-state index contributed by atoms with van der Waals surface area (Å²) in [6, 6.07) is 18.0. The van der Waals surface area contributed by atoms with Crippen LogP contribution in [0.4, 0.5) is 23.2 Å². The first-order valence-corrected chi connectivity index (χ1v) is 15.3. The van der Waals surface area contributed by atoms with E-state index in [0.29, 0.717) is 19.2 Å². The number of hydrogen-bond donors (Lipinski definition) is 1. The van der Waals surface area contributed by atoms with Gasteiger partial charge >= 0.3 is 0 Å². The van der Waals surface area contributed by atoms with E-state index in [9.17, 15) is 37.1 Å². The largest absolute Gasteiger partial charge is 0.507 e. The Morgan fingerprint density at radius 3 is 2.14 bits per heavy atom. The number of aliphatic hydroxyl groups is 1. The van der Waals surface area contributed by atoms with Crippen LogP contribution in [0.3, 0.4) is 0 Å². The van der Waals surface area contributed by atoms with Crippen molar-refractivity contribution in [3.63, 3.8) is 0 Å². The monoisotopic (exact) mass is 671 g/mol. The lowest BCUT2D eigenvalue weighted by molar-refractivity contribution is -0.142. The van der Waals surface area contributed by atoms with Gasteiger partial charge in [-0.05, 0) is 72.1 Å². The fraction of sp³-hybridized carbons (Fsp3) is 0.167. The first kappa shape index (κ1) is 32.9. The molecule has 0 unspecified atom stereocenters. The van der Waals surface area contributed by atoms with Gasteiger partial charge in [0.1, 0.15) is 11.6 Å². The van der Waals surface area contributed by atoms with Crippen LogP contribution in [0.1, 0.15) is 22.3 Å². The highest BCUT2D eigenvalue weighted by Gasteiger charge is 2.26. The summed E-state index contributed by atoms with van der Waals surface area (Å²) in [6.45, 7) is 1.08. The average molecular weight is 672 g/mol. The zero-order chi connectivity index (χ0) is 34.7. The van der Waals surface area contributed by atoms with Gasteiger partial charge in [-0.15, -0.1) is 0 Å². The van der Waals surface area contributed by atoms with Crippen molar-refractivity contribution in [1.29, 1.82) is 0 Å². The number of pyridine rings is 1. The van der Waals surface area contributed by atoms with Crippen LogP contribution in [-0.2, 0) is 22.6 Å². The molecule has 1 saturated heterocycles. The summed E-state index contributed by atoms with van der Waals surface area (Å²) >= 11 is 0. The number of nitrogens with zero attached hydrogens (tertiary/aromatic N) is 5. The predicted octanol–water partition coefficient (Wildman–Crippen LogP) is 5.05. The summed E-state index contributed by atoms with van der Waals surface area (Å²) in [6.07, 6.45) is 5.26. The number of aromatic nitrogens is 3. The molecule has 5 aromatic rings. The first-order valence-electron chi connectivity index (χ1n) is 15.3. The maximum absolute atomic E-state index is 14.5. The quantitative estimate of drug-likeness (QED) is 0.0775. The van der Waals surface area contributed by atoms with Gasteiger partial charge in [-0.25, -0.2) is 22.2 Å². The molecule has 0 spiro atoms. The molecule has 49 heavy (non-hydrogen) atoms. The number of carbonyl (C=O) groups is 2. The van der Waals surface area contributed by atoms with Crippen molar-refractivity contribution in [3.8, 4) is 5.69 Å². The van der Waals surface area contributed by atoms with Crippen LogP contribution in [0.25, 0.3) is 11.4 Å². The summed E-state index contributed by atoms with van der Waals surface area (Å²) in [5, 5.41) is 15.2. The predicted molar refractivity (Wildman–Crippen MR) is 173 cm³/mol. The number of ketones is 1. The highest BCUT2D eigenvalue weighted by Crippen LogP contribution is 2.21. The lowest BCUT2D eigenvalue weighted by atomic mass is 10.0. The van der Waals surface area contributed by atoms with Crippen LogP contribution in [0.15, 0.2) is 102 Å². The zero-order valence-corrected chi connectivity index (χ0v) is 25.9. The smallest absolute Gasteiger partial charge is 0.294 e. The number of hydrogen-bond acceptors (Lipinski definition) is 6. The maximum atomic E-state index is 14.5. The Kier molecular flexibility index (Phi) is 9.42. The van der Waals surface area contributed by atoms with Gasteiger partial charge in [-0.3, -0.25) is 14.4 Å². The van der Waals surface area contributed by atoms with Crippen molar-refractivity contribution in [3.05, 3.63) is 153 Å². The minimum absolute atomic E-state index is 0.0150. The second kappa shape index (κ2) is 14.0. The maximum Gasteiger partial charge on any atom is 0.294 e. The number of aliphatic hydroxyl groups excluding tert-OH is 1. The van der Waals surface area contributed by atoms with Crippen LogP contribution < -0.4 is 10.5 Å². The summed E-state index contributed by atoms with van der Waals surface area (Å²) in [7, 11) is 0. The second-order valence-corrected chi connectivity index (χ2v) is 11.5. The van der Waals surface area contributed by atoms with E-state index in [-0.39, 0.29) is 42.7 Å². The van der Waals surface area contributed by atoms with Gasteiger partial charge in [-0.1, -0.05) is 18.2 Å². The van der Waals surface area contributed by atoms with E-state index in [4.69, 9.17) is 0 Å². The molecule has 13 heteroatoms. The molecule has 3 heterocycles. The van der Waals surface area contributed by atoms with Crippen molar-refractivity contribution in [2.45, 2.75) is 13.0 Å². The Morgan fingerprint density at radius 2 is 1.49 bits per heavy atom. The van der Waals surface area contributed by atoms with Crippen LogP contribution in [0.5, 0.6) is 0 Å². The number of piperazine rings is 1. The minimum atomic E-state index is -1.64. The molecule has 0 radical (unpaired) electrons. The van der Waals surface area contributed by atoms with E-state index in [0.717, 1.165) is 28.1 Å². The van der Waals surface area contributed by atoms with E-state index < -0.39 is 51.8 Å². The van der Waals surface area contributed by atoms with Gasteiger partial charge < -0.3 is 19.5 Å². The Morgan fingerprint density at radius 1 is 0.816 bits per heavy atom. The summed E-state index contributed by atoms with van der Waals surface area (Å²) in [5.74, 6) is -7.82. The molecule has 0 aliphatic carbocycles. The molecule has 1 aliphatic rings. The van der Waals surface area contributed by atoms with Crippen LogP contribution in [-0.4, -0.2) is 62.2 Å². The molecule has 1 aliphatic heterocycles. The standard InChI is InChI=1S/C36H29F4N5O4/c37-29-5-2-1-4-25(29)22-44-21-24(16-23-18-30(38)34(40)31(39)19-23)17-28(35(44)48)32(46)20-33(47)36(49)43-14-12-42(13-15-43)26-6-8-27(9-7-26)45-11-3-10-41-45/h1-11,17-21,46H,12-16,22H2. The summed E-state index contributed by atoms with van der Waals surface area (Å²) < 4.78 is 58.7. The molecular formula is C36H29F4N5O4. The van der Waals surface area contributed by atoms with Crippen molar-refractivity contribution >= 4 is 23.1 Å². The summed E-state index contributed by atoms with van der Waals surface area (Å²) in [5.41, 5.74) is 0.984. The molecule has 3 aromatic carbocycles. The molecule has 0 atom stereocenters. The lowest BCUT2D eigenvalue weighted by Gasteiger charge is -2.35. The van der Waals surface area contributed by atoms with Crippen molar-refractivity contribution < 1.29 is 32.3 Å². The fourth-order valence-corrected chi connectivity index (χ4v) is 5.68. The molecule has 0 saturated carbocycles. The topological polar surface area (TPSA) is 101 Å². The number of benzene rings is 3. The van der Waals surface area contributed by atoms with Crippen LogP contribution in [0, 0.1) is 23.3 Å². The molecule has 6 rings (SSSR count). The van der Waals surface area contributed by atoms with Gasteiger partial charge in [-0.2, -0.15) is 5.10 Å². The molecule has 2 aromatic heterocycles. The minimum Gasteiger partial charge on any atom is -0.507 e. The molecule has 1 N–H and O–H groups in total. The van der Waals surface area contributed by atoms with Crippen LogP contribution in [0.2, 0.25) is 0 Å². The second-order valence-electron chi connectivity index (χ2n) is 11.5. The third-order valence-corrected chi connectivity index (χ3v) is 8.20. The third-order valence-electron chi connectivity index (χ3n) is 8.20. The lowest BCUT2D eigenvalue weighted by Crippen LogP contribution is -2.50. The van der Waals surface area contributed by atoms with Crippen molar-refractivity contribution in [1.82, 2.24) is 19.2 Å². The molecule has 1 fully saturated rings. The van der Waals surface area contributed by atoms with E-state index >= 15 is 0 Å². The van der Waals surface area contributed by atoms with Crippen molar-refractivity contribution in [2.24, 2.45) is 0 Å². The van der Waals surface area contributed by atoms with E-state index in [1.54, 1.807) is 16.9 Å². The molecule has 1 amide bonds. The highest BCUT2D eigenvalue weighted by molar-refractivity contribution is 6.41. The third kappa shape index (κ3) is 7.30. The highest BCUT2D eigenvalue weighted by atomic mass is 19.2. The molecule has 9 nitrogen and oxygen atoms in total. The first-order chi connectivity index (χ1) is 23.6. The number of anilines is 1. The van der Waals surface area contributed by atoms with Gasteiger partial charge in [0.25, 0.3) is 11.5 Å². The number of carbonyl (C=O) groups excluding carboxylic acids is 2. The van der Waals surface area contributed by atoms with E-state index in [1.165, 1.54) is 35.4 Å². The van der Waals surface area contributed by atoms with Gasteiger partial charge in [0, 0.05) is 62.1 Å². The van der Waals surface area contributed by atoms with Gasteiger partial charge in [0.05, 0.1) is 17.8 Å². The average Bonchev–Trinajstić information content (AvgIpc) is 3.64. The van der Waals surface area contributed by atoms with E-state index in [1.807, 2.05) is 36.5 Å². The fourth-order valence-electron chi connectivity index (χ4n) is 5.68. The van der Waals surface area contributed by atoms with E-state index in [2.05, 4.69) is 10.00 Å². The van der Waals surface area contributed by atoms with Gasteiger partial charge in [0.15, 0.2) is 17.5 Å². The Hall–Kier alpha value is -5.98. The van der Waals surface area contributed by atoms with Gasteiger partial charge in [0.2, 0.25) is 5.78 Å². The molecular weight excluding hydrogens is 642 g/mol. The Balaban J connectivity index is 1.20. The number of amides is 1. The van der Waals surface area contributed by atoms with Crippen LogP contribution >= 0.6 is 0 Å². The molecule has 0 bridgehead atoms. The Bertz CT molecular complexity index is 2080. The Labute approximate surface area is 277 Å². The number of rotatable bonds is 9. The normalized spacial score (nSPS) is 13.5.